The first-order chi connectivity index (χ1) is 9.66. The normalized spacial score (nSPS) is 10.7. The monoisotopic (exact) mass is 302 g/mol. The van der Waals surface area contributed by atoms with Crippen LogP contribution in [0, 0.1) is 4.77 Å². The summed E-state index contributed by atoms with van der Waals surface area (Å²) in [5, 5.41) is 9.25. The highest BCUT2D eigenvalue weighted by atomic mass is 32.1. The van der Waals surface area contributed by atoms with Gasteiger partial charge in [-0.25, -0.2) is 0 Å². The SMILES string of the molecule is CN(C)c1ccc(-n2c(-c3cccs3)n[nH]c2=S)cc1. The summed E-state index contributed by atoms with van der Waals surface area (Å²) in [5.74, 6) is 0.850. The standard InChI is InChI=1S/C14H14N4S2/c1-17(2)10-5-7-11(8-6-10)18-13(15-16-14(18)19)12-4-3-9-20-12/h3-9H,1-2H3,(H,16,19). The molecule has 0 fully saturated rings. The van der Waals surface area contributed by atoms with Gasteiger partial charge < -0.3 is 4.90 Å². The molecule has 3 aromatic rings. The highest BCUT2D eigenvalue weighted by Gasteiger charge is 2.11. The second kappa shape index (κ2) is 5.22. The lowest BCUT2D eigenvalue weighted by molar-refractivity contribution is 1.03. The minimum absolute atomic E-state index is 0.603. The molecule has 6 heteroatoms. The smallest absolute Gasteiger partial charge is 0.200 e. The summed E-state index contributed by atoms with van der Waals surface area (Å²) < 4.78 is 2.56. The third kappa shape index (κ3) is 2.28. The maximum atomic E-state index is 5.35. The minimum atomic E-state index is 0.603. The second-order valence-electron chi connectivity index (χ2n) is 4.58. The Morgan fingerprint density at radius 3 is 2.55 bits per heavy atom. The van der Waals surface area contributed by atoms with Crippen molar-refractivity contribution >= 4 is 29.2 Å². The van der Waals surface area contributed by atoms with Crippen molar-refractivity contribution < 1.29 is 0 Å². The van der Waals surface area contributed by atoms with Crippen LogP contribution in [0.3, 0.4) is 0 Å². The maximum Gasteiger partial charge on any atom is 0.200 e. The van der Waals surface area contributed by atoms with Crippen molar-refractivity contribution in [2.45, 2.75) is 0 Å². The van der Waals surface area contributed by atoms with Crippen molar-refractivity contribution in [3.05, 3.63) is 46.5 Å². The number of H-pyrrole nitrogens is 1. The van der Waals surface area contributed by atoms with Crippen LogP contribution in [0.25, 0.3) is 16.4 Å². The van der Waals surface area contributed by atoms with E-state index < -0.39 is 0 Å². The largest absolute Gasteiger partial charge is 0.378 e. The highest BCUT2D eigenvalue weighted by molar-refractivity contribution is 7.71. The van der Waals surface area contributed by atoms with E-state index in [2.05, 4.69) is 39.4 Å². The molecule has 2 heterocycles. The van der Waals surface area contributed by atoms with Crippen molar-refractivity contribution in [1.82, 2.24) is 14.8 Å². The van der Waals surface area contributed by atoms with Gasteiger partial charge in [0.15, 0.2) is 10.6 Å². The van der Waals surface area contributed by atoms with Gasteiger partial charge in [0.05, 0.1) is 10.6 Å². The topological polar surface area (TPSA) is 36.9 Å². The van der Waals surface area contributed by atoms with E-state index >= 15 is 0 Å². The van der Waals surface area contributed by atoms with Gasteiger partial charge in [-0.1, -0.05) is 6.07 Å². The van der Waals surface area contributed by atoms with Gasteiger partial charge in [-0.05, 0) is 47.9 Å². The van der Waals surface area contributed by atoms with Crippen LogP contribution in [0.5, 0.6) is 0 Å². The molecule has 0 atom stereocenters. The first-order valence-corrected chi connectivity index (χ1v) is 7.44. The van der Waals surface area contributed by atoms with E-state index in [0.29, 0.717) is 4.77 Å². The number of anilines is 1. The van der Waals surface area contributed by atoms with Gasteiger partial charge in [0.2, 0.25) is 0 Å². The van der Waals surface area contributed by atoms with E-state index in [9.17, 15) is 0 Å². The first-order valence-electron chi connectivity index (χ1n) is 6.16. The molecule has 2 aromatic heterocycles. The molecule has 1 N–H and O–H groups in total. The molecular formula is C14H14N4S2. The van der Waals surface area contributed by atoms with Crippen LogP contribution in [-0.4, -0.2) is 28.9 Å². The molecule has 4 nitrogen and oxygen atoms in total. The molecule has 20 heavy (non-hydrogen) atoms. The molecular weight excluding hydrogens is 288 g/mol. The van der Waals surface area contributed by atoms with Crippen LogP contribution in [0.4, 0.5) is 5.69 Å². The average molecular weight is 302 g/mol. The third-order valence-corrected chi connectivity index (χ3v) is 4.18. The Hall–Kier alpha value is -1.92. The van der Waals surface area contributed by atoms with Crippen molar-refractivity contribution in [1.29, 1.82) is 0 Å². The molecule has 0 saturated carbocycles. The molecule has 0 aliphatic heterocycles. The molecule has 0 spiro atoms. The van der Waals surface area contributed by atoms with Gasteiger partial charge in [-0.15, -0.1) is 11.3 Å². The molecule has 0 bridgehead atoms. The number of nitrogens with one attached hydrogen (secondary N) is 1. The summed E-state index contributed by atoms with van der Waals surface area (Å²) in [5.41, 5.74) is 2.17. The lowest BCUT2D eigenvalue weighted by Crippen LogP contribution is -2.08. The van der Waals surface area contributed by atoms with Crippen molar-refractivity contribution in [3.63, 3.8) is 0 Å². The Morgan fingerprint density at radius 2 is 1.95 bits per heavy atom. The maximum absolute atomic E-state index is 5.35. The lowest BCUT2D eigenvalue weighted by atomic mass is 10.2. The first kappa shape index (κ1) is 13.1. The summed E-state index contributed by atoms with van der Waals surface area (Å²) in [4.78, 5) is 3.16. The summed E-state index contributed by atoms with van der Waals surface area (Å²) in [6, 6.07) is 12.3. The van der Waals surface area contributed by atoms with Crippen LogP contribution in [0.1, 0.15) is 0 Å². The molecule has 0 saturated heterocycles. The minimum Gasteiger partial charge on any atom is -0.378 e. The number of benzene rings is 1. The quantitative estimate of drug-likeness (QED) is 0.749. The zero-order chi connectivity index (χ0) is 14.1. The zero-order valence-electron chi connectivity index (χ0n) is 11.2. The molecule has 3 rings (SSSR count). The van der Waals surface area contributed by atoms with E-state index in [0.717, 1.165) is 22.1 Å². The third-order valence-electron chi connectivity index (χ3n) is 3.04. The highest BCUT2D eigenvalue weighted by Crippen LogP contribution is 2.26. The van der Waals surface area contributed by atoms with E-state index in [-0.39, 0.29) is 0 Å². The van der Waals surface area contributed by atoms with Crippen molar-refractivity contribution in [2.24, 2.45) is 0 Å². The number of aromatic amines is 1. The number of hydrogen-bond donors (Lipinski definition) is 1. The van der Waals surface area contributed by atoms with Gasteiger partial charge in [0.1, 0.15) is 0 Å². The number of nitrogens with zero attached hydrogens (tertiary/aromatic N) is 3. The van der Waals surface area contributed by atoms with Crippen molar-refractivity contribution in [3.8, 4) is 16.4 Å². The number of hydrogen-bond acceptors (Lipinski definition) is 4. The fraction of sp³-hybridized carbons (Fsp3) is 0.143. The molecule has 0 amide bonds. The predicted molar refractivity (Wildman–Crippen MR) is 86.4 cm³/mol. The Balaban J connectivity index is 2.10. The molecule has 1 aromatic carbocycles. The van der Waals surface area contributed by atoms with Crippen molar-refractivity contribution in [2.75, 3.05) is 19.0 Å². The van der Waals surface area contributed by atoms with Gasteiger partial charge in [0, 0.05) is 19.8 Å². The number of thiophene rings is 1. The Labute approximate surface area is 126 Å². The molecule has 102 valence electrons. The van der Waals surface area contributed by atoms with Gasteiger partial charge in [-0.2, -0.15) is 5.10 Å². The average Bonchev–Trinajstić information content (AvgIpc) is 3.07. The van der Waals surface area contributed by atoms with Crippen LogP contribution in [-0.2, 0) is 0 Å². The zero-order valence-corrected chi connectivity index (χ0v) is 12.8. The molecule has 0 aliphatic carbocycles. The Kier molecular flexibility index (Phi) is 3.42. The summed E-state index contributed by atoms with van der Waals surface area (Å²) in [6.07, 6.45) is 0. The summed E-state index contributed by atoms with van der Waals surface area (Å²) in [6.45, 7) is 0. The summed E-state index contributed by atoms with van der Waals surface area (Å²) in [7, 11) is 4.05. The molecule has 0 unspecified atom stereocenters. The number of aromatic nitrogens is 3. The van der Waals surface area contributed by atoms with Gasteiger partial charge in [-0.3, -0.25) is 9.67 Å². The van der Waals surface area contributed by atoms with Crippen LogP contribution in [0.2, 0.25) is 0 Å². The second-order valence-corrected chi connectivity index (χ2v) is 5.91. The fourth-order valence-corrected chi connectivity index (χ4v) is 2.95. The number of rotatable bonds is 3. The Bertz CT molecular complexity index is 751. The molecule has 0 radical (unpaired) electrons. The van der Waals surface area contributed by atoms with Crippen LogP contribution < -0.4 is 4.90 Å². The lowest BCUT2D eigenvalue weighted by Gasteiger charge is -2.13. The van der Waals surface area contributed by atoms with E-state index in [1.165, 1.54) is 0 Å². The van der Waals surface area contributed by atoms with Gasteiger partial charge in [0.25, 0.3) is 0 Å². The van der Waals surface area contributed by atoms with E-state index in [1.807, 2.05) is 36.2 Å². The Morgan fingerprint density at radius 1 is 1.20 bits per heavy atom. The van der Waals surface area contributed by atoms with Crippen LogP contribution >= 0.6 is 23.6 Å². The summed E-state index contributed by atoms with van der Waals surface area (Å²) >= 11 is 7.00. The van der Waals surface area contributed by atoms with Gasteiger partial charge >= 0.3 is 0 Å². The predicted octanol–water partition coefficient (Wildman–Crippen LogP) is 3.72. The van der Waals surface area contributed by atoms with E-state index in [4.69, 9.17) is 12.2 Å². The fourth-order valence-electron chi connectivity index (χ4n) is 2.01. The van der Waals surface area contributed by atoms with E-state index in [1.54, 1.807) is 11.3 Å². The molecule has 0 aliphatic rings. The van der Waals surface area contributed by atoms with Crippen LogP contribution in [0.15, 0.2) is 41.8 Å².